The van der Waals surface area contributed by atoms with Crippen molar-refractivity contribution in [2.75, 3.05) is 25.0 Å². The summed E-state index contributed by atoms with van der Waals surface area (Å²) in [7, 11) is 0. The lowest BCUT2D eigenvalue weighted by atomic mass is 10.2. The number of benzene rings is 1. The molecule has 1 saturated heterocycles. The average molecular weight is 265 g/mol. The molecule has 1 unspecified atom stereocenters. The number of nitrogens with one attached hydrogen (secondary N) is 1. The molecule has 0 aliphatic carbocycles. The highest BCUT2D eigenvalue weighted by molar-refractivity contribution is 5.50. The molecule has 1 atom stereocenters. The Labute approximate surface area is 111 Å². The first kappa shape index (κ1) is 13.8. The van der Waals surface area contributed by atoms with Crippen LogP contribution in [0.4, 0.5) is 14.5 Å². The van der Waals surface area contributed by atoms with Crippen molar-refractivity contribution in [1.82, 2.24) is 4.90 Å². The average Bonchev–Trinajstić information content (AvgIpc) is 2.86. The quantitative estimate of drug-likeness (QED) is 0.909. The van der Waals surface area contributed by atoms with Gasteiger partial charge in [-0.1, -0.05) is 0 Å². The minimum absolute atomic E-state index is 0.00672. The Morgan fingerprint density at radius 3 is 2.42 bits per heavy atom. The van der Waals surface area contributed by atoms with Crippen LogP contribution in [0.25, 0.3) is 0 Å². The second-order valence-corrected chi connectivity index (χ2v) is 4.98. The van der Waals surface area contributed by atoms with E-state index < -0.39 is 11.6 Å². The normalized spacial score (nSPS) is 17.2. The lowest BCUT2D eigenvalue weighted by molar-refractivity contribution is 0.327. The predicted octanol–water partition coefficient (Wildman–Crippen LogP) is 2.73. The standard InChI is InChI=1S/C14H17F2N3/c1-10(9-19-4-2-3-5-19)18-14-12(15)6-11(8-17)7-13(14)16/h6-7,10,18H,2-5,9H2,1H3. The highest BCUT2D eigenvalue weighted by Gasteiger charge is 2.17. The Balaban J connectivity index is 2.04. The number of anilines is 1. The van der Waals surface area contributed by atoms with Crippen molar-refractivity contribution < 1.29 is 8.78 Å². The van der Waals surface area contributed by atoms with Crippen LogP contribution in [-0.2, 0) is 0 Å². The first-order valence-corrected chi connectivity index (χ1v) is 6.48. The van der Waals surface area contributed by atoms with Gasteiger partial charge in [-0.05, 0) is 45.0 Å². The van der Waals surface area contributed by atoms with Crippen molar-refractivity contribution in [2.45, 2.75) is 25.8 Å². The molecule has 0 radical (unpaired) electrons. The molecule has 1 heterocycles. The first-order chi connectivity index (χ1) is 9.10. The van der Waals surface area contributed by atoms with Gasteiger partial charge in [0.2, 0.25) is 0 Å². The molecule has 1 aromatic carbocycles. The van der Waals surface area contributed by atoms with Gasteiger partial charge < -0.3 is 10.2 Å². The fourth-order valence-electron chi connectivity index (χ4n) is 2.42. The summed E-state index contributed by atoms with van der Waals surface area (Å²) in [5.74, 6) is -1.44. The summed E-state index contributed by atoms with van der Waals surface area (Å²) < 4.78 is 27.4. The van der Waals surface area contributed by atoms with Gasteiger partial charge in [0, 0.05) is 12.6 Å². The molecule has 1 fully saturated rings. The summed E-state index contributed by atoms with van der Waals surface area (Å²) >= 11 is 0. The molecule has 5 heteroatoms. The van der Waals surface area contributed by atoms with Crippen LogP contribution in [0.3, 0.4) is 0 Å². The molecule has 0 saturated carbocycles. The summed E-state index contributed by atoms with van der Waals surface area (Å²) in [6, 6.07) is 3.78. The molecule has 102 valence electrons. The van der Waals surface area contributed by atoms with Gasteiger partial charge in [0.15, 0.2) is 11.6 Å². The van der Waals surface area contributed by atoms with E-state index in [1.54, 1.807) is 6.07 Å². The van der Waals surface area contributed by atoms with E-state index in [1.165, 1.54) is 12.8 Å². The molecule has 19 heavy (non-hydrogen) atoms. The second kappa shape index (κ2) is 5.98. The molecule has 0 bridgehead atoms. The van der Waals surface area contributed by atoms with Gasteiger partial charge in [-0.25, -0.2) is 8.78 Å². The molecule has 3 nitrogen and oxygen atoms in total. The largest absolute Gasteiger partial charge is 0.377 e. The van der Waals surface area contributed by atoms with Crippen molar-refractivity contribution >= 4 is 5.69 Å². The summed E-state index contributed by atoms with van der Waals surface area (Å²) in [5, 5.41) is 11.5. The zero-order valence-corrected chi connectivity index (χ0v) is 10.9. The number of nitriles is 1. The number of halogens is 2. The van der Waals surface area contributed by atoms with Crippen molar-refractivity contribution in [1.29, 1.82) is 5.26 Å². The Morgan fingerprint density at radius 1 is 1.32 bits per heavy atom. The molecule has 1 aliphatic rings. The van der Waals surface area contributed by atoms with E-state index in [0.717, 1.165) is 31.8 Å². The van der Waals surface area contributed by atoms with Crippen LogP contribution in [0, 0.1) is 23.0 Å². The molecule has 1 N–H and O–H groups in total. The van der Waals surface area contributed by atoms with E-state index in [9.17, 15) is 8.78 Å². The fourth-order valence-corrected chi connectivity index (χ4v) is 2.42. The van der Waals surface area contributed by atoms with Crippen molar-refractivity contribution in [3.05, 3.63) is 29.3 Å². The van der Waals surface area contributed by atoms with Crippen LogP contribution in [0.2, 0.25) is 0 Å². The maximum atomic E-state index is 13.7. The SMILES string of the molecule is CC(CN1CCCC1)Nc1c(F)cc(C#N)cc1F. The molecule has 1 aliphatic heterocycles. The van der Waals surface area contributed by atoms with Crippen LogP contribution in [0.1, 0.15) is 25.3 Å². The minimum Gasteiger partial charge on any atom is -0.377 e. The van der Waals surface area contributed by atoms with Gasteiger partial charge >= 0.3 is 0 Å². The number of hydrogen-bond donors (Lipinski definition) is 1. The van der Waals surface area contributed by atoms with Crippen LogP contribution >= 0.6 is 0 Å². The lowest BCUT2D eigenvalue weighted by Gasteiger charge is -2.22. The monoisotopic (exact) mass is 265 g/mol. The number of hydrogen-bond acceptors (Lipinski definition) is 3. The van der Waals surface area contributed by atoms with Crippen molar-refractivity contribution in [3.8, 4) is 6.07 Å². The third-order valence-electron chi connectivity index (χ3n) is 3.29. The van der Waals surface area contributed by atoms with Crippen LogP contribution < -0.4 is 5.32 Å². The molecular formula is C14H17F2N3. The van der Waals surface area contributed by atoms with Gasteiger partial charge in [-0.15, -0.1) is 0 Å². The highest BCUT2D eigenvalue weighted by Crippen LogP contribution is 2.21. The van der Waals surface area contributed by atoms with E-state index in [0.29, 0.717) is 0 Å². The zero-order chi connectivity index (χ0) is 13.8. The Morgan fingerprint density at radius 2 is 1.89 bits per heavy atom. The van der Waals surface area contributed by atoms with E-state index in [1.807, 2.05) is 6.92 Å². The third-order valence-corrected chi connectivity index (χ3v) is 3.29. The predicted molar refractivity (Wildman–Crippen MR) is 69.8 cm³/mol. The number of nitrogens with zero attached hydrogens (tertiary/aromatic N) is 2. The van der Waals surface area contributed by atoms with Gasteiger partial charge in [0.1, 0.15) is 5.69 Å². The third kappa shape index (κ3) is 3.42. The summed E-state index contributed by atoms with van der Waals surface area (Å²) in [6.07, 6.45) is 2.37. The van der Waals surface area contributed by atoms with Crippen molar-refractivity contribution in [3.63, 3.8) is 0 Å². The van der Waals surface area contributed by atoms with Gasteiger partial charge in [-0.2, -0.15) is 5.26 Å². The molecule has 2 rings (SSSR count). The number of likely N-dealkylation sites (tertiary alicyclic amines) is 1. The Hall–Kier alpha value is -1.67. The van der Waals surface area contributed by atoms with Gasteiger partial charge in [0.25, 0.3) is 0 Å². The van der Waals surface area contributed by atoms with E-state index in [2.05, 4.69) is 10.2 Å². The van der Waals surface area contributed by atoms with Crippen LogP contribution in [-0.4, -0.2) is 30.6 Å². The van der Waals surface area contributed by atoms with E-state index in [-0.39, 0.29) is 17.3 Å². The van der Waals surface area contributed by atoms with Crippen molar-refractivity contribution in [2.24, 2.45) is 0 Å². The topological polar surface area (TPSA) is 39.1 Å². The molecular weight excluding hydrogens is 248 g/mol. The van der Waals surface area contributed by atoms with Gasteiger partial charge in [0.05, 0.1) is 11.6 Å². The molecule has 0 spiro atoms. The Kier molecular flexibility index (Phi) is 4.33. The van der Waals surface area contributed by atoms with Crippen LogP contribution in [0.5, 0.6) is 0 Å². The molecule has 0 amide bonds. The minimum atomic E-state index is -0.718. The lowest BCUT2D eigenvalue weighted by Crippen LogP contribution is -2.33. The van der Waals surface area contributed by atoms with E-state index >= 15 is 0 Å². The Bertz CT molecular complexity index is 467. The summed E-state index contributed by atoms with van der Waals surface area (Å²) in [4.78, 5) is 2.27. The smallest absolute Gasteiger partial charge is 0.150 e. The fraction of sp³-hybridized carbons (Fsp3) is 0.500. The molecule has 0 aromatic heterocycles. The zero-order valence-electron chi connectivity index (χ0n) is 10.9. The maximum absolute atomic E-state index is 13.7. The second-order valence-electron chi connectivity index (χ2n) is 4.98. The van der Waals surface area contributed by atoms with E-state index in [4.69, 9.17) is 5.26 Å². The van der Waals surface area contributed by atoms with Crippen LogP contribution in [0.15, 0.2) is 12.1 Å². The summed E-state index contributed by atoms with van der Waals surface area (Å²) in [5.41, 5.74) is -0.154. The molecule has 1 aromatic rings. The van der Waals surface area contributed by atoms with Gasteiger partial charge in [-0.3, -0.25) is 0 Å². The number of rotatable bonds is 4. The first-order valence-electron chi connectivity index (χ1n) is 6.48. The maximum Gasteiger partial charge on any atom is 0.150 e. The highest BCUT2D eigenvalue weighted by atomic mass is 19.1. The summed E-state index contributed by atoms with van der Waals surface area (Å²) in [6.45, 7) is 4.75.